The van der Waals surface area contributed by atoms with Crippen LogP contribution in [0, 0.1) is 5.41 Å². The highest BCUT2D eigenvalue weighted by atomic mass is 35.5. The number of hydrogen-bond acceptors (Lipinski definition) is 4. The Kier molecular flexibility index (Phi) is 5.05. The summed E-state index contributed by atoms with van der Waals surface area (Å²) in [7, 11) is -3.22. The molecule has 0 heterocycles. The number of nitrogen functional groups attached to an aromatic ring is 1. The highest BCUT2D eigenvalue weighted by molar-refractivity contribution is 7.92. The van der Waals surface area contributed by atoms with Crippen LogP contribution < -0.4 is 10.5 Å². The minimum Gasteiger partial charge on any atom is -0.491 e. The molecule has 0 aliphatic rings. The van der Waals surface area contributed by atoms with Crippen molar-refractivity contribution in [2.24, 2.45) is 5.73 Å². The van der Waals surface area contributed by atoms with Crippen LogP contribution in [0.2, 0.25) is 5.02 Å². The molecule has 3 N–H and O–H groups in total. The van der Waals surface area contributed by atoms with Crippen molar-refractivity contribution in [3.8, 4) is 5.75 Å². The summed E-state index contributed by atoms with van der Waals surface area (Å²) in [5.74, 6) is 0.205. The van der Waals surface area contributed by atoms with Gasteiger partial charge in [-0.1, -0.05) is 11.6 Å². The third kappa shape index (κ3) is 4.11. The molecule has 0 amide bonds. The maximum absolute atomic E-state index is 11.9. The molecule has 7 heteroatoms. The minimum atomic E-state index is -3.22. The average Bonchev–Trinajstić information content (AvgIpc) is 2.29. The summed E-state index contributed by atoms with van der Waals surface area (Å²) in [5, 5.41) is 7.59. The Morgan fingerprint density at radius 1 is 1.40 bits per heavy atom. The van der Waals surface area contributed by atoms with Gasteiger partial charge < -0.3 is 10.5 Å². The molecule has 1 rings (SSSR count). The van der Waals surface area contributed by atoms with E-state index in [1.54, 1.807) is 32.9 Å². The first-order valence-electron chi connectivity index (χ1n) is 6.03. The van der Waals surface area contributed by atoms with Crippen LogP contribution in [0.3, 0.4) is 0 Å². The highest BCUT2D eigenvalue weighted by Crippen LogP contribution is 2.25. The molecule has 0 unspecified atom stereocenters. The van der Waals surface area contributed by atoms with Crippen molar-refractivity contribution in [1.29, 1.82) is 5.41 Å². The van der Waals surface area contributed by atoms with E-state index in [-0.39, 0.29) is 18.2 Å². The largest absolute Gasteiger partial charge is 0.491 e. The molecule has 0 fully saturated rings. The Morgan fingerprint density at radius 2 is 2.00 bits per heavy atom. The van der Waals surface area contributed by atoms with Crippen LogP contribution in [0.4, 0.5) is 0 Å². The zero-order chi connectivity index (χ0) is 15.6. The van der Waals surface area contributed by atoms with E-state index in [2.05, 4.69) is 0 Å². The summed E-state index contributed by atoms with van der Waals surface area (Å²) in [6.45, 7) is 4.98. The summed E-state index contributed by atoms with van der Waals surface area (Å²) in [6, 6.07) is 4.68. The van der Waals surface area contributed by atoms with Crippen molar-refractivity contribution in [3.63, 3.8) is 0 Å². The number of halogens is 1. The molecule has 0 aromatic heterocycles. The van der Waals surface area contributed by atoms with Crippen LogP contribution >= 0.6 is 11.6 Å². The molecule has 20 heavy (non-hydrogen) atoms. The van der Waals surface area contributed by atoms with Crippen molar-refractivity contribution in [2.75, 3.05) is 12.4 Å². The van der Waals surface area contributed by atoms with Gasteiger partial charge in [-0.2, -0.15) is 0 Å². The Balaban J connectivity index is 2.71. The summed E-state index contributed by atoms with van der Waals surface area (Å²) in [6.07, 6.45) is 0. The average molecular weight is 319 g/mol. The first kappa shape index (κ1) is 16.8. The lowest BCUT2D eigenvalue weighted by Crippen LogP contribution is -2.32. The quantitative estimate of drug-likeness (QED) is 0.643. The molecule has 0 bridgehead atoms. The zero-order valence-electron chi connectivity index (χ0n) is 11.7. The van der Waals surface area contributed by atoms with Gasteiger partial charge in [-0.15, -0.1) is 0 Å². The van der Waals surface area contributed by atoms with Crippen LogP contribution in [0.5, 0.6) is 5.75 Å². The summed E-state index contributed by atoms with van der Waals surface area (Å²) in [5.41, 5.74) is 5.83. The molecule has 112 valence electrons. The van der Waals surface area contributed by atoms with Gasteiger partial charge in [-0.05, 0) is 39.0 Å². The molecule has 0 atom stereocenters. The minimum absolute atomic E-state index is 0.0265. The molecule has 0 radical (unpaired) electrons. The second-order valence-electron chi connectivity index (χ2n) is 5.34. The Hall–Kier alpha value is -1.27. The highest BCUT2D eigenvalue weighted by Gasteiger charge is 2.28. The molecule has 0 spiro atoms. The maximum atomic E-state index is 11.9. The van der Waals surface area contributed by atoms with Crippen molar-refractivity contribution >= 4 is 27.3 Å². The number of hydrogen-bond donors (Lipinski definition) is 2. The van der Waals surface area contributed by atoms with Gasteiger partial charge in [-0.25, -0.2) is 8.42 Å². The second kappa shape index (κ2) is 6.01. The first-order valence-corrected chi connectivity index (χ1v) is 8.06. The molecule has 0 saturated heterocycles. The van der Waals surface area contributed by atoms with Gasteiger partial charge in [-0.3, -0.25) is 5.41 Å². The number of amidine groups is 1. The van der Waals surface area contributed by atoms with E-state index in [1.807, 2.05) is 0 Å². The third-order valence-electron chi connectivity index (χ3n) is 2.79. The summed E-state index contributed by atoms with van der Waals surface area (Å²) >= 11 is 5.99. The van der Waals surface area contributed by atoms with Gasteiger partial charge in [0.2, 0.25) is 0 Å². The van der Waals surface area contributed by atoms with Crippen molar-refractivity contribution in [3.05, 3.63) is 28.8 Å². The zero-order valence-corrected chi connectivity index (χ0v) is 13.3. The SMILES string of the molecule is CC(C)(C)S(=O)(=O)CCOc1ccc(C(=N)N)cc1Cl. The maximum Gasteiger partial charge on any atom is 0.158 e. The molecule has 0 saturated carbocycles. The van der Waals surface area contributed by atoms with Gasteiger partial charge in [0.15, 0.2) is 9.84 Å². The van der Waals surface area contributed by atoms with Gasteiger partial charge in [0.05, 0.1) is 15.5 Å². The van der Waals surface area contributed by atoms with Crippen LogP contribution in [0.15, 0.2) is 18.2 Å². The predicted octanol–water partition coefficient (Wildman–Crippen LogP) is 2.22. The van der Waals surface area contributed by atoms with Crippen LogP contribution in [-0.2, 0) is 9.84 Å². The number of ether oxygens (including phenoxy) is 1. The smallest absolute Gasteiger partial charge is 0.158 e. The molecule has 1 aromatic rings. The molecule has 1 aromatic carbocycles. The van der Waals surface area contributed by atoms with Gasteiger partial charge in [0, 0.05) is 5.56 Å². The fourth-order valence-corrected chi connectivity index (χ4v) is 2.50. The van der Waals surface area contributed by atoms with E-state index in [0.717, 1.165) is 0 Å². The molecule has 5 nitrogen and oxygen atoms in total. The number of rotatable bonds is 5. The van der Waals surface area contributed by atoms with Crippen LogP contribution in [0.25, 0.3) is 0 Å². The molecular weight excluding hydrogens is 300 g/mol. The van der Waals surface area contributed by atoms with Gasteiger partial charge in [0.1, 0.15) is 18.2 Å². The Labute approximate surface area is 124 Å². The number of sulfone groups is 1. The van der Waals surface area contributed by atoms with E-state index in [1.165, 1.54) is 6.07 Å². The van der Waals surface area contributed by atoms with E-state index < -0.39 is 14.6 Å². The van der Waals surface area contributed by atoms with E-state index in [9.17, 15) is 8.42 Å². The third-order valence-corrected chi connectivity index (χ3v) is 5.65. The molecule has 0 aliphatic heterocycles. The van der Waals surface area contributed by atoms with Crippen molar-refractivity contribution in [1.82, 2.24) is 0 Å². The van der Waals surface area contributed by atoms with Crippen molar-refractivity contribution in [2.45, 2.75) is 25.5 Å². The monoisotopic (exact) mass is 318 g/mol. The number of benzene rings is 1. The lowest BCUT2D eigenvalue weighted by molar-refractivity contribution is 0.340. The summed E-state index contributed by atoms with van der Waals surface area (Å²) < 4.78 is 28.4. The van der Waals surface area contributed by atoms with E-state index in [0.29, 0.717) is 16.3 Å². The standard InChI is InChI=1S/C13H19ClN2O3S/c1-13(2,3)20(17,18)7-6-19-11-5-4-9(12(15)16)8-10(11)14/h4-5,8H,6-7H2,1-3H3,(H3,15,16). The van der Waals surface area contributed by atoms with Crippen molar-refractivity contribution < 1.29 is 13.2 Å². The second-order valence-corrected chi connectivity index (χ2v) is 8.61. The fourth-order valence-electron chi connectivity index (χ4n) is 1.35. The Morgan fingerprint density at radius 3 is 2.45 bits per heavy atom. The van der Waals surface area contributed by atoms with Gasteiger partial charge in [0.25, 0.3) is 0 Å². The lowest BCUT2D eigenvalue weighted by Gasteiger charge is -2.19. The summed E-state index contributed by atoms with van der Waals surface area (Å²) in [4.78, 5) is 0. The first-order chi connectivity index (χ1) is 9.04. The van der Waals surface area contributed by atoms with Gasteiger partial charge >= 0.3 is 0 Å². The fraction of sp³-hybridized carbons (Fsp3) is 0.462. The van der Waals surface area contributed by atoms with Crippen LogP contribution in [-0.4, -0.2) is 31.4 Å². The molecule has 0 aliphatic carbocycles. The van der Waals surface area contributed by atoms with E-state index >= 15 is 0 Å². The topological polar surface area (TPSA) is 93.2 Å². The predicted molar refractivity (Wildman–Crippen MR) is 81.5 cm³/mol. The van der Waals surface area contributed by atoms with E-state index in [4.69, 9.17) is 27.5 Å². The van der Waals surface area contributed by atoms with Crippen LogP contribution in [0.1, 0.15) is 26.3 Å². The number of nitrogens with one attached hydrogen (secondary N) is 1. The normalized spacial score (nSPS) is 12.2. The Bertz CT molecular complexity index is 607. The lowest BCUT2D eigenvalue weighted by atomic mass is 10.2. The molecular formula is C13H19ClN2O3S. The number of nitrogens with two attached hydrogens (primary N) is 1.